The second kappa shape index (κ2) is 19.1. The molecule has 7 heteroatoms. The van der Waals surface area contributed by atoms with Gasteiger partial charge in [0.2, 0.25) is 5.82 Å². The summed E-state index contributed by atoms with van der Waals surface area (Å²) in [5, 5.41) is 3.70. The molecule has 0 heterocycles. The van der Waals surface area contributed by atoms with E-state index in [4.69, 9.17) is 0 Å². The SMILES string of the molecule is CCCCC(CC)CCNCC(C)CCC(CC)CCC.Fc1ccccc1-c1c(F)c(F)c(F)c(F)c1F. The lowest BCUT2D eigenvalue weighted by atomic mass is 9.91. The Morgan fingerprint density at radius 1 is 0.641 bits per heavy atom. The van der Waals surface area contributed by atoms with E-state index in [-0.39, 0.29) is 0 Å². The summed E-state index contributed by atoms with van der Waals surface area (Å²) in [7, 11) is 0. The zero-order chi connectivity index (χ0) is 29.4. The highest BCUT2D eigenvalue weighted by molar-refractivity contribution is 5.65. The van der Waals surface area contributed by atoms with Crippen LogP contribution in [-0.2, 0) is 0 Å². The van der Waals surface area contributed by atoms with Crippen molar-refractivity contribution in [1.29, 1.82) is 0 Å². The van der Waals surface area contributed by atoms with Crippen molar-refractivity contribution in [3.05, 3.63) is 59.2 Å². The van der Waals surface area contributed by atoms with Crippen LogP contribution in [0.1, 0.15) is 98.8 Å². The maximum atomic E-state index is 13.4. The van der Waals surface area contributed by atoms with Crippen LogP contribution in [0.25, 0.3) is 11.1 Å². The monoisotopic (exact) mass is 559 g/mol. The molecule has 2 aromatic carbocycles. The molecule has 0 amide bonds. The van der Waals surface area contributed by atoms with Gasteiger partial charge in [-0.2, -0.15) is 0 Å². The highest BCUT2D eigenvalue weighted by Crippen LogP contribution is 2.32. The topological polar surface area (TPSA) is 12.0 Å². The zero-order valence-corrected chi connectivity index (χ0v) is 24.3. The fourth-order valence-corrected chi connectivity index (χ4v) is 4.79. The summed E-state index contributed by atoms with van der Waals surface area (Å²) in [6.45, 7) is 14.2. The third kappa shape index (κ3) is 11.5. The smallest absolute Gasteiger partial charge is 0.200 e. The Bertz CT molecular complexity index is 935. The molecule has 2 aromatic rings. The van der Waals surface area contributed by atoms with Crippen molar-refractivity contribution in [3.63, 3.8) is 0 Å². The Labute approximate surface area is 231 Å². The average Bonchev–Trinajstić information content (AvgIpc) is 2.94. The van der Waals surface area contributed by atoms with Gasteiger partial charge in [-0.1, -0.05) is 104 Å². The Hall–Kier alpha value is -2.02. The number of benzene rings is 2. The van der Waals surface area contributed by atoms with Crippen molar-refractivity contribution < 1.29 is 26.3 Å². The predicted molar refractivity (Wildman–Crippen MR) is 150 cm³/mol. The molecule has 0 aliphatic carbocycles. The van der Waals surface area contributed by atoms with E-state index >= 15 is 0 Å². The van der Waals surface area contributed by atoms with Crippen LogP contribution < -0.4 is 5.32 Å². The molecule has 2 rings (SSSR count). The molecule has 0 saturated heterocycles. The number of halogens is 6. The quantitative estimate of drug-likeness (QED) is 0.0933. The second-order valence-corrected chi connectivity index (χ2v) is 10.6. The van der Waals surface area contributed by atoms with Crippen LogP contribution in [0.4, 0.5) is 26.3 Å². The molecule has 222 valence electrons. The third-order valence-electron chi connectivity index (χ3n) is 7.46. The van der Waals surface area contributed by atoms with E-state index in [1.807, 2.05) is 0 Å². The molecule has 1 N–H and O–H groups in total. The third-order valence-corrected chi connectivity index (χ3v) is 7.46. The van der Waals surface area contributed by atoms with E-state index in [0.29, 0.717) is 0 Å². The van der Waals surface area contributed by atoms with Gasteiger partial charge in [0, 0.05) is 5.56 Å². The van der Waals surface area contributed by atoms with Crippen LogP contribution in [0.2, 0.25) is 0 Å². The van der Waals surface area contributed by atoms with Crippen LogP contribution in [0.15, 0.2) is 24.3 Å². The van der Waals surface area contributed by atoms with Gasteiger partial charge in [0.25, 0.3) is 0 Å². The summed E-state index contributed by atoms with van der Waals surface area (Å²) >= 11 is 0. The van der Waals surface area contributed by atoms with E-state index in [0.717, 1.165) is 29.9 Å². The van der Waals surface area contributed by atoms with Crippen LogP contribution in [0, 0.1) is 52.7 Å². The van der Waals surface area contributed by atoms with Crippen molar-refractivity contribution in [2.24, 2.45) is 17.8 Å². The second-order valence-electron chi connectivity index (χ2n) is 10.6. The van der Waals surface area contributed by atoms with Crippen molar-refractivity contribution in [3.8, 4) is 11.1 Å². The minimum Gasteiger partial charge on any atom is -0.316 e. The van der Waals surface area contributed by atoms with Crippen LogP contribution in [-0.4, -0.2) is 13.1 Å². The molecule has 3 unspecified atom stereocenters. The molecule has 0 radical (unpaired) electrons. The fourth-order valence-electron chi connectivity index (χ4n) is 4.79. The molecule has 3 atom stereocenters. The molecule has 1 nitrogen and oxygen atoms in total. The van der Waals surface area contributed by atoms with E-state index < -0.39 is 46.0 Å². The lowest BCUT2D eigenvalue weighted by molar-refractivity contribution is 0.358. The van der Waals surface area contributed by atoms with E-state index in [2.05, 4.69) is 39.9 Å². The van der Waals surface area contributed by atoms with Gasteiger partial charge in [0.05, 0.1) is 5.56 Å². The first-order valence-electron chi connectivity index (χ1n) is 14.6. The van der Waals surface area contributed by atoms with Crippen LogP contribution >= 0.6 is 0 Å². The number of hydrogen-bond donors (Lipinski definition) is 1. The lowest BCUT2D eigenvalue weighted by Gasteiger charge is -2.19. The van der Waals surface area contributed by atoms with Crippen molar-refractivity contribution in [1.82, 2.24) is 5.32 Å². The minimum absolute atomic E-state index is 0.690. The molecular formula is C32H47F6N. The van der Waals surface area contributed by atoms with Gasteiger partial charge in [-0.15, -0.1) is 0 Å². The molecule has 0 spiro atoms. The molecular weight excluding hydrogens is 512 g/mol. The Kier molecular flexibility index (Phi) is 17.2. The summed E-state index contributed by atoms with van der Waals surface area (Å²) in [4.78, 5) is 0. The highest BCUT2D eigenvalue weighted by atomic mass is 19.2. The molecule has 0 aliphatic rings. The Morgan fingerprint density at radius 3 is 1.74 bits per heavy atom. The van der Waals surface area contributed by atoms with Gasteiger partial charge in [0.15, 0.2) is 23.3 Å². The molecule has 0 aromatic heterocycles. The minimum atomic E-state index is -2.27. The van der Waals surface area contributed by atoms with Gasteiger partial charge in [-0.05, 0) is 49.8 Å². The van der Waals surface area contributed by atoms with Crippen molar-refractivity contribution in [2.45, 2.75) is 98.8 Å². The summed E-state index contributed by atoms with van der Waals surface area (Å²) in [6, 6.07) is 4.22. The van der Waals surface area contributed by atoms with Crippen molar-refractivity contribution >= 4 is 0 Å². The molecule has 0 saturated carbocycles. The largest absolute Gasteiger partial charge is 0.316 e. The Balaban J connectivity index is 0.000000393. The van der Waals surface area contributed by atoms with E-state index in [1.54, 1.807) is 0 Å². The lowest BCUT2D eigenvalue weighted by Crippen LogP contribution is -2.24. The maximum absolute atomic E-state index is 13.4. The zero-order valence-electron chi connectivity index (χ0n) is 24.3. The Morgan fingerprint density at radius 2 is 1.21 bits per heavy atom. The standard InChI is InChI=1S/C20H43N.C12H4F6/c1-6-10-12-20(9-4)15-16-21-17-18(5)13-14-19(8-3)11-7-2;13-6-4-2-1-3-5(6)7-8(14)10(16)12(18)11(17)9(7)15/h18-21H,6-17H2,1-5H3;1-4H. The predicted octanol–water partition coefficient (Wildman–Crippen LogP) is 10.6. The van der Waals surface area contributed by atoms with E-state index in [1.165, 1.54) is 89.4 Å². The normalized spacial score (nSPS) is 13.5. The molecule has 0 bridgehead atoms. The first-order chi connectivity index (χ1) is 18.6. The number of hydrogen-bond acceptors (Lipinski definition) is 1. The first-order valence-corrected chi connectivity index (χ1v) is 14.6. The van der Waals surface area contributed by atoms with Gasteiger partial charge in [0.1, 0.15) is 5.82 Å². The summed E-state index contributed by atoms with van der Waals surface area (Å²) < 4.78 is 78.8. The number of rotatable bonds is 16. The average molecular weight is 560 g/mol. The first kappa shape index (κ1) is 35.0. The summed E-state index contributed by atoms with van der Waals surface area (Å²) in [5.74, 6) is -8.93. The molecule has 0 aliphatic heterocycles. The van der Waals surface area contributed by atoms with E-state index in [9.17, 15) is 26.3 Å². The summed E-state index contributed by atoms with van der Waals surface area (Å²) in [6.07, 6.45) is 13.9. The van der Waals surface area contributed by atoms with Gasteiger partial charge >= 0.3 is 0 Å². The highest BCUT2D eigenvalue weighted by Gasteiger charge is 2.27. The van der Waals surface area contributed by atoms with Crippen molar-refractivity contribution in [2.75, 3.05) is 13.1 Å². The molecule has 39 heavy (non-hydrogen) atoms. The summed E-state index contributed by atoms with van der Waals surface area (Å²) in [5.41, 5.74) is -1.96. The number of nitrogens with one attached hydrogen (secondary N) is 1. The van der Waals surface area contributed by atoms with Gasteiger partial charge in [-0.3, -0.25) is 0 Å². The molecule has 0 fully saturated rings. The number of unbranched alkanes of at least 4 members (excludes halogenated alkanes) is 1. The van der Waals surface area contributed by atoms with Gasteiger partial charge in [-0.25, -0.2) is 26.3 Å². The van der Waals surface area contributed by atoms with Crippen LogP contribution in [0.3, 0.4) is 0 Å². The maximum Gasteiger partial charge on any atom is 0.200 e. The van der Waals surface area contributed by atoms with Crippen LogP contribution in [0.5, 0.6) is 0 Å². The fraction of sp³-hybridized carbons (Fsp3) is 0.625. The van der Waals surface area contributed by atoms with Gasteiger partial charge < -0.3 is 5.32 Å².